The Morgan fingerprint density at radius 3 is 2.19 bits per heavy atom. The summed E-state index contributed by atoms with van der Waals surface area (Å²) < 4.78 is 55.7. The normalized spacial score (nSPS) is 11.5. The standard InChI is InChI=1S/C20H17FN4O5S/c1-11-7-9-12(10-8-11)31(26,27)30-18-15(13-5-4-6-14(21)16(13)22-18)17-23-19(28-2)25-20(24-17)29-3/h4-10,22H,1-3H3. The number of benzene rings is 2. The molecule has 4 rings (SSSR count). The second-order valence-corrected chi connectivity index (χ2v) is 8.02. The van der Waals surface area contributed by atoms with E-state index in [1.54, 1.807) is 18.2 Å². The third kappa shape index (κ3) is 3.87. The molecular formula is C20H17FN4O5S. The topological polar surface area (TPSA) is 116 Å². The van der Waals surface area contributed by atoms with E-state index < -0.39 is 15.9 Å². The number of aryl methyl sites for hydroxylation is 1. The minimum Gasteiger partial charge on any atom is -0.467 e. The minimum atomic E-state index is -4.24. The van der Waals surface area contributed by atoms with Crippen LogP contribution in [0.25, 0.3) is 22.3 Å². The van der Waals surface area contributed by atoms with Crippen molar-refractivity contribution in [3.63, 3.8) is 0 Å². The number of para-hydroxylation sites is 1. The largest absolute Gasteiger partial charge is 0.467 e. The van der Waals surface area contributed by atoms with E-state index in [2.05, 4.69) is 19.9 Å². The summed E-state index contributed by atoms with van der Waals surface area (Å²) in [4.78, 5) is 14.9. The highest BCUT2D eigenvalue weighted by atomic mass is 32.2. The lowest BCUT2D eigenvalue weighted by Gasteiger charge is -2.09. The van der Waals surface area contributed by atoms with Gasteiger partial charge < -0.3 is 18.6 Å². The summed E-state index contributed by atoms with van der Waals surface area (Å²) in [7, 11) is -1.53. The Hall–Kier alpha value is -3.73. The molecule has 0 spiro atoms. The SMILES string of the molecule is COc1nc(OC)nc(-c2c(OS(=O)(=O)c3ccc(C)cc3)[nH]c3c(F)cccc23)n1. The van der Waals surface area contributed by atoms with Crippen molar-refractivity contribution < 1.29 is 26.5 Å². The van der Waals surface area contributed by atoms with Crippen molar-refractivity contribution in [3.8, 4) is 29.3 Å². The van der Waals surface area contributed by atoms with Gasteiger partial charge in [0.15, 0.2) is 5.82 Å². The number of nitrogens with zero attached hydrogens (tertiary/aromatic N) is 3. The van der Waals surface area contributed by atoms with E-state index in [0.29, 0.717) is 5.39 Å². The predicted octanol–water partition coefficient (Wildman–Crippen LogP) is 3.25. The van der Waals surface area contributed by atoms with Gasteiger partial charge >= 0.3 is 22.1 Å². The fraction of sp³-hybridized carbons (Fsp3) is 0.150. The number of H-pyrrole nitrogens is 1. The molecule has 0 amide bonds. The number of hydrogen-bond donors (Lipinski definition) is 1. The highest BCUT2D eigenvalue weighted by Crippen LogP contribution is 2.38. The van der Waals surface area contributed by atoms with Crippen molar-refractivity contribution >= 4 is 21.0 Å². The molecule has 2 aromatic heterocycles. The van der Waals surface area contributed by atoms with Crippen molar-refractivity contribution in [2.45, 2.75) is 11.8 Å². The van der Waals surface area contributed by atoms with Crippen LogP contribution in [-0.4, -0.2) is 42.6 Å². The van der Waals surface area contributed by atoms with Crippen LogP contribution in [0.1, 0.15) is 5.56 Å². The van der Waals surface area contributed by atoms with Gasteiger partial charge in [-0.05, 0) is 25.1 Å². The van der Waals surface area contributed by atoms with E-state index in [0.717, 1.165) is 5.56 Å². The molecule has 0 aliphatic rings. The van der Waals surface area contributed by atoms with Crippen molar-refractivity contribution in [2.24, 2.45) is 0 Å². The van der Waals surface area contributed by atoms with Gasteiger partial charge in [-0.15, -0.1) is 4.98 Å². The minimum absolute atomic E-state index is 0.0188. The van der Waals surface area contributed by atoms with Crippen LogP contribution in [0, 0.1) is 12.7 Å². The van der Waals surface area contributed by atoms with Gasteiger partial charge in [0, 0.05) is 5.39 Å². The number of methoxy groups -OCH3 is 2. The van der Waals surface area contributed by atoms with Crippen LogP contribution in [0.5, 0.6) is 17.9 Å². The van der Waals surface area contributed by atoms with Crippen molar-refractivity contribution in [3.05, 3.63) is 53.8 Å². The van der Waals surface area contributed by atoms with Crippen LogP contribution in [0.15, 0.2) is 47.4 Å². The van der Waals surface area contributed by atoms with Crippen molar-refractivity contribution in [2.75, 3.05) is 14.2 Å². The quantitative estimate of drug-likeness (QED) is 0.451. The third-order valence-corrected chi connectivity index (χ3v) is 5.67. The molecule has 0 unspecified atom stereocenters. The van der Waals surface area contributed by atoms with Crippen LogP contribution < -0.4 is 13.7 Å². The molecule has 2 aromatic carbocycles. The molecule has 0 fully saturated rings. The molecule has 0 aliphatic heterocycles. The van der Waals surface area contributed by atoms with Crippen LogP contribution in [0.3, 0.4) is 0 Å². The zero-order chi connectivity index (χ0) is 22.2. The predicted molar refractivity (Wildman–Crippen MR) is 109 cm³/mol. The lowest BCUT2D eigenvalue weighted by molar-refractivity contribution is 0.341. The van der Waals surface area contributed by atoms with E-state index in [-0.39, 0.29) is 39.7 Å². The maximum Gasteiger partial charge on any atom is 0.340 e. The lowest BCUT2D eigenvalue weighted by Crippen LogP contribution is -2.11. The number of fused-ring (bicyclic) bond motifs is 1. The van der Waals surface area contributed by atoms with E-state index in [9.17, 15) is 12.8 Å². The average Bonchev–Trinajstić information content (AvgIpc) is 3.12. The number of aromatic amines is 1. The summed E-state index contributed by atoms with van der Waals surface area (Å²) in [5.74, 6) is -0.875. The van der Waals surface area contributed by atoms with Gasteiger partial charge in [-0.1, -0.05) is 29.8 Å². The Bertz CT molecular complexity index is 1350. The summed E-state index contributed by atoms with van der Waals surface area (Å²) in [6.07, 6.45) is 0. The Morgan fingerprint density at radius 1 is 0.935 bits per heavy atom. The molecule has 0 atom stereocenters. The first-order valence-electron chi connectivity index (χ1n) is 8.98. The number of ether oxygens (including phenoxy) is 2. The van der Waals surface area contributed by atoms with E-state index >= 15 is 0 Å². The van der Waals surface area contributed by atoms with Gasteiger partial charge in [-0.2, -0.15) is 18.4 Å². The molecule has 0 radical (unpaired) electrons. The van der Waals surface area contributed by atoms with Crippen molar-refractivity contribution in [1.29, 1.82) is 0 Å². The van der Waals surface area contributed by atoms with Crippen molar-refractivity contribution in [1.82, 2.24) is 19.9 Å². The Labute approximate surface area is 177 Å². The number of rotatable bonds is 6. The summed E-state index contributed by atoms with van der Waals surface area (Å²) in [5.41, 5.74) is 1.03. The molecule has 11 heteroatoms. The zero-order valence-corrected chi connectivity index (χ0v) is 17.5. The lowest BCUT2D eigenvalue weighted by atomic mass is 10.1. The first kappa shape index (κ1) is 20.5. The monoisotopic (exact) mass is 444 g/mol. The highest BCUT2D eigenvalue weighted by Gasteiger charge is 2.26. The molecule has 160 valence electrons. The number of hydrogen-bond acceptors (Lipinski definition) is 8. The highest BCUT2D eigenvalue weighted by molar-refractivity contribution is 7.87. The van der Waals surface area contributed by atoms with Gasteiger partial charge in [0.1, 0.15) is 10.7 Å². The molecule has 0 aliphatic carbocycles. The molecule has 4 aromatic rings. The average molecular weight is 444 g/mol. The molecule has 2 heterocycles. The summed E-state index contributed by atoms with van der Waals surface area (Å²) in [6.45, 7) is 1.83. The second kappa shape index (κ2) is 7.84. The Balaban J connectivity index is 1.92. The van der Waals surface area contributed by atoms with Crippen LogP contribution in [0.4, 0.5) is 4.39 Å². The van der Waals surface area contributed by atoms with Gasteiger partial charge in [0.25, 0.3) is 0 Å². The summed E-state index contributed by atoms with van der Waals surface area (Å²) in [6, 6.07) is 10.3. The van der Waals surface area contributed by atoms with E-state index in [1.807, 2.05) is 6.92 Å². The first-order valence-corrected chi connectivity index (χ1v) is 10.4. The first-order chi connectivity index (χ1) is 14.8. The fourth-order valence-corrected chi connectivity index (χ4v) is 3.85. The van der Waals surface area contributed by atoms with Gasteiger partial charge in [-0.25, -0.2) is 4.39 Å². The van der Waals surface area contributed by atoms with Crippen LogP contribution in [-0.2, 0) is 10.1 Å². The fourth-order valence-electron chi connectivity index (χ4n) is 2.94. The second-order valence-electron chi connectivity index (χ2n) is 6.47. The van der Waals surface area contributed by atoms with Crippen LogP contribution in [0.2, 0.25) is 0 Å². The third-order valence-electron chi connectivity index (χ3n) is 4.43. The van der Waals surface area contributed by atoms with E-state index in [1.165, 1.54) is 38.5 Å². The van der Waals surface area contributed by atoms with Gasteiger partial charge in [-0.3, -0.25) is 0 Å². The van der Waals surface area contributed by atoms with Crippen LogP contribution >= 0.6 is 0 Å². The maximum atomic E-state index is 14.4. The molecule has 9 nitrogen and oxygen atoms in total. The summed E-state index contributed by atoms with van der Waals surface area (Å²) >= 11 is 0. The molecule has 31 heavy (non-hydrogen) atoms. The molecular weight excluding hydrogens is 427 g/mol. The zero-order valence-electron chi connectivity index (χ0n) is 16.7. The number of halogens is 1. The Kier molecular flexibility index (Phi) is 5.19. The molecule has 0 saturated carbocycles. The molecule has 1 N–H and O–H groups in total. The smallest absolute Gasteiger partial charge is 0.340 e. The van der Waals surface area contributed by atoms with E-state index in [4.69, 9.17) is 13.7 Å². The molecule has 0 saturated heterocycles. The number of aromatic nitrogens is 4. The Morgan fingerprint density at radius 2 is 1.58 bits per heavy atom. The van der Waals surface area contributed by atoms with Gasteiger partial charge in [0.2, 0.25) is 5.88 Å². The van der Waals surface area contributed by atoms with Gasteiger partial charge in [0.05, 0.1) is 25.3 Å². The summed E-state index contributed by atoms with van der Waals surface area (Å²) in [5, 5.41) is 0.310. The number of nitrogens with one attached hydrogen (secondary N) is 1. The maximum absolute atomic E-state index is 14.4. The molecule has 0 bridgehead atoms.